The topological polar surface area (TPSA) is 82.9 Å². The molecule has 4 aromatic rings. The van der Waals surface area contributed by atoms with Gasteiger partial charge in [0.1, 0.15) is 0 Å². The summed E-state index contributed by atoms with van der Waals surface area (Å²) in [6, 6.07) is 16.0. The number of imidazole rings is 1. The van der Waals surface area contributed by atoms with E-state index in [1.54, 1.807) is 6.20 Å². The first kappa shape index (κ1) is 19.3. The van der Waals surface area contributed by atoms with Gasteiger partial charge in [0.05, 0.1) is 23.3 Å². The van der Waals surface area contributed by atoms with Crippen molar-refractivity contribution in [1.82, 2.24) is 24.5 Å². The molecule has 0 amide bonds. The minimum atomic E-state index is -0.127. The molecule has 8 heteroatoms. The molecule has 0 saturated carbocycles. The van der Waals surface area contributed by atoms with Crippen LogP contribution in [-0.4, -0.2) is 50.7 Å². The van der Waals surface area contributed by atoms with Crippen molar-refractivity contribution in [1.29, 1.82) is 0 Å². The number of pyridine rings is 1. The lowest BCUT2D eigenvalue weighted by Crippen LogP contribution is -2.45. The Morgan fingerprint density at radius 3 is 2.61 bits per heavy atom. The number of para-hydroxylation sites is 2. The van der Waals surface area contributed by atoms with Gasteiger partial charge in [-0.3, -0.25) is 14.8 Å². The summed E-state index contributed by atoms with van der Waals surface area (Å²) in [5.74, 6) is 1.60. The van der Waals surface area contributed by atoms with Gasteiger partial charge >= 0.3 is 0 Å². The predicted molar refractivity (Wildman–Crippen MR) is 122 cm³/mol. The zero-order valence-corrected chi connectivity index (χ0v) is 17.5. The fourth-order valence-corrected chi connectivity index (χ4v) is 4.28. The first-order valence-corrected chi connectivity index (χ1v) is 10.6. The maximum Gasteiger partial charge on any atom is 0.252 e. The highest BCUT2D eigenvalue weighted by Gasteiger charge is 2.27. The molecular formula is C23H25N7O. The Hall–Kier alpha value is -3.68. The molecule has 1 aliphatic rings. The molecule has 5 rings (SSSR count). The van der Waals surface area contributed by atoms with Crippen LogP contribution in [0.1, 0.15) is 18.5 Å². The van der Waals surface area contributed by atoms with Gasteiger partial charge in [0, 0.05) is 44.6 Å². The highest BCUT2D eigenvalue weighted by atomic mass is 16.1. The van der Waals surface area contributed by atoms with Crippen LogP contribution in [0, 0.1) is 0 Å². The summed E-state index contributed by atoms with van der Waals surface area (Å²) < 4.78 is 2.26. The summed E-state index contributed by atoms with van der Waals surface area (Å²) in [6.45, 7) is 2.46. The lowest BCUT2D eigenvalue weighted by atomic mass is 10.0. The average molecular weight is 416 g/mol. The summed E-state index contributed by atoms with van der Waals surface area (Å²) in [5, 5.41) is 0. The quantitative estimate of drug-likeness (QED) is 0.540. The van der Waals surface area contributed by atoms with Crippen molar-refractivity contribution in [3.8, 4) is 0 Å². The lowest BCUT2D eigenvalue weighted by molar-refractivity contribution is 0.469. The molecule has 1 aromatic carbocycles. The van der Waals surface area contributed by atoms with E-state index >= 15 is 0 Å². The molecule has 8 nitrogen and oxygen atoms in total. The molecule has 3 aromatic heterocycles. The van der Waals surface area contributed by atoms with Crippen molar-refractivity contribution >= 4 is 22.9 Å². The summed E-state index contributed by atoms with van der Waals surface area (Å²) in [7, 11) is 1.99. The number of benzene rings is 1. The van der Waals surface area contributed by atoms with Crippen LogP contribution in [0.3, 0.4) is 0 Å². The number of anilines is 2. The number of nitrogens with zero attached hydrogens (tertiary/aromatic N) is 6. The monoisotopic (exact) mass is 415 g/mol. The van der Waals surface area contributed by atoms with E-state index in [-0.39, 0.29) is 5.56 Å². The molecule has 0 aliphatic carbocycles. The maximum absolute atomic E-state index is 11.6. The molecule has 4 heterocycles. The number of fused-ring (bicyclic) bond motifs is 1. The van der Waals surface area contributed by atoms with Gasteiger partial charge in [-0.15, -0.1) is 0 Å². The number of aromatic amines is 1. The van der Waals surface area contributed by atoms with Crippen molar-refractivity contribution in [2.24, 2.45) is 0 Å². The van der Waals surface area contributed by atoms with Crippen LogP contribution in [0.2, 0.25) is 0 Å². The van der Waals surface area contributed by atoms with Gasteiger partial charge in [0.15, 0.2) is 0 Å². The van der Waals surface area contributed by atoms with Crippen LogP contribution in [-0.2, 0) is 6.54 Å². The molecule has 1 aliphatic heterocycles. The summed E-state index contributed by atoms with van der Waals surface area (Å²) >= 11 is 0. The van der Waals surface area contributed by atoms with E-state index in [1.807, 2.05) is 37.5 Å². The van der Waals surface area contributed by atoms with Gasteiger partial charge in [0.2, 0.25) is 11.9 Å². The summed E-state index contributed by atoms with van der Waals surface area (Å²) in [4.78, 5) is 32.7. The standard InChI is InChI=1S/C23H25N7O/c1-28(22-25-13-9-21(31)27-22)18-10-14-29(15-11-18)23-26-19-7-2-3-8-20(19)30(23)16-17-6-4-5-12-24-17/h2-9,12-13,18H,10-11,14-16H2,1H3,(H,25,27,31). The first-order chi connectivity index (χ1) is 15.2. The second-order valence-corrected chi connectivity index (χ2v) is 7.89. The van der Waals surface area contributed by atoms with Crippen molar-refractivity contribution in [2.75, 3.05) is 29.9 Å². The number of hydrogen-bond donors (Lipinski definition) is 1. The van der Waals surface area contributed by atoms with E-state index < -0.39 is 0 Å². The van der Waals surface area contributed by atoms with E-state index in [2.05, 4.69) is 47.5 Å². The van der Waals surface area contributed by atoms with Gasteiger partial charge in [-0.2, -0.15) is 0 Å². The molecule has 0 spiro atoms. The first-order valence-electron chi connectivity index (χ1n) is 10.6. The van der Waals surface area contributed by atoms with Crippen LogP contribution >= 0.6 is 0 Å². The fraction of sp³-hybridized carbons (Fsp3) is 0.304. The smallest absolute Gasteiger partial charge is 0.252 e. The zero-order chi connectivity index (χ0) is 21.2. The van der Waals surface area contributed by atoms with Crippen molar-refractivity contribution in [3.05, 3.63) is 77.0 Å². The Kier molecular flexibility index (Phi) is 5.11. The van der Waals surface area contributed by atoms with Crippen molar-refractivity contribution in [3.63, 3.8) is 0 Å². The largest absolute Gasteiger partial charge is 0.342 e. The third-order valence-corrected chi connectivity index (χ3v) is 5.97. The Balaban J connectivity index is 1.38. The molecule has 158 valence electrons. The van der Waals surface area contributed by atoms with Crippen LogP contribution in [0.15, 0.2) is 65.7 Å². The van der Waals surface area contributed by atoms with Crippen LogP contribution in [0.5, 0.6) is 0 Å². The molecule has 1 fully saturated rings. The maximum atomic E-state index is 11.6. The summed E-state index contributed by atoms with van der Waals surface area (Å²) in [6.07, 6.45) is 5.31. The highest BCUT2D eigenvalue weighted by molar-refractivity contribution is 5.79. The third kappa shape index (κ3) is 3.88. The number of nitrogens with one attached hydrogen (secondary N) is 1. The second kappa shape index (κ2) is 8.22. The second-order valence-electron chi connectivity index (χ2n) is 7.89. The van der Waals surface area contributed by atoms with E-state index in [0.717, 1.165) is 48.6 Å². The zero-order valence-electron chi connectivity index (χ0n) is 17.5. The average Bonchev–Trinajstić information content (AvgIpc) is 3.18. The Morgan fingerprint density at radius 2 is 1.84 bits per heavy atom. The van der Waals surface area contributed by atoms with Crippen LogP contribution < -0.4 is 15.4 Å². The van der Waals surface area contributed by atoms with Crippen LogP contribution in [0.4, 0.5) is 11.9 Å². The molecule has 0 atom stereocenters. The minimum absolute atomic E-state index is 0.127. The number of piperidine rings is 1. The lowest BCUT2D eigenvalue weighted by Gasteiger charge is -2.37. The van der Waals surface area contributed by atoms with E-state index in [0.29, 0.717) is 18.5 Å². The molecule has 31 heavy (non-hydrogen) atoms. The minimum Gasteiger partial charge on any atom is -0.342 e. The van der Waals surface area contributed by atoms with E-state index in [9.17, 15) is 4.79 Å². The van der Waals surface area contributed by atoms with E-state index in [4.69, 9.17) is 4.98 Å². The van der Waals surface area contributed by atoms with Crippen molar-refractivity contribution < 1.29 is 0 Å². The highest BCUT2D eigenvalue weighted by Crippen LogP contribution is 2.27. The number of H-pyrrole nitrogens is 1. The molecule has 1 N–H and O–H groups in total. The number of rotatable bonds is 5. The van der Waals surface area contributed by atoms with E-state index in [1.165, 1.54) is 6.07 Å². The molecule has 1 saturated heterocycles. The van der Waals surface area contributed by atoms with Crippen LogP contribution in [0.25, 0.3) is 11.0 Å². The molecule has 0 unspecified atom stereocenters. The van der Waals surface area contributed by atoms with Gasteiger partial charge in [-0.25, -0.2) is 9.97 Å². The number of hydrogen-bond acceptors (Lipinski definition) is 6. The van der Waals surface area contributed by atoms with Crippen molar-refractivity contribution in [2.45, 2.75) is 25.4 Å². The van der Waals surface area contributed by atoms with Gasteiger partial charge in [-0.1, -0.05) is 18.2 Å². The molecule has 0 bridgehead atoms. The third-order valence-electron chi connectivity index (χ3n) is 5.97. The Labute approximate surface area is 180 Å². The Morgan fingerprint density at radius 1 is 1.03 bits per heavy atom. The number of aromatic nitrogens is 5. The molecular weight excluding hydrogens is 390 g/mol. The van der Waals surface area contributed by atoms with Gasteiger partial charge in [0.25, 0.3) is 5.56 Å². The Bertz CT molecular complexity index is 1230. The van der Waals surface area contributed by atoms with Gasteiger partial charge in [-0.05, 0) is 37.1 Å². The van der Waals surface area contributed by atoms with Gasteiger partial charge < -0.3 is 14.4 Å². The normalized spacial score (nSPS) is 14.8. The molecule has 0 radical (unpaired) electrons. The summed E-state index contributed by atoms with van der Waals surface area (Å²) in [5.41, 5.74) is 3.00. The predicted octanol–water partition coefficient (Wildman–Crippen LogP) is 2.67. The fourth-order valence-electron chi connectivity index (χ4n) is 4.28. The SMILES string of the molecule is CN(c1nccc(=O)[nH]1)C1CCN(c2nc3ccccc3n2Cc2ccccn2)CC1.